The Morgan fingerprint density at radius 3 is 2.67 bits per heavy atom. The molecule has 0 radical (unpaired) electrons. The van der Waals surface area contributed by atoms with E-state index in [1.807, 2.05) is 6.92 Å². The molecule has 0 saturated carbocycles. The summed E-state index contributed by atoms with van der Waals surface area (Å²) in [6.45, 7) is 2.07. The molecule has 3 heterocycles. The molecule has 1 fully saturated rings. The van der Waals surface area contributed by atoms with Crippen LogP contribution in [0.15, 0.2) is 64.9 Å². The Kier molecular flexibility index (Phi) is 6.17. The Morgan fingerprint density at radius 2 is 1.94 bits per heavy atom. The van der Waals surface area contributed by atoms with Crippen LogP contribution in [0.2, 0.25) is 0 Å². The molecule has 9 heteroatoms. The molecule has 184 valence electrons. The number of methoxy groups -OCH3 is 1. The molecule has 5 rings (SSSR count). The quantitative estimate of drug-likeness (QED) is 0.273. The fourth-order valence-electron chi connectivity index (χ4n) is 4.71. The summed E-state index contributed by atoms with van der Waals surface area (Å²) in [6, 6.07) is 11.0. The molecule has 8 nitrogen and oxygen atoms in total. The number of aromatic nitrogens is 1. The number of aromatic hydroxyl groups is 1. The summed E-state index contributed by atoms with van der Waals surface area (Å²) in [7, 11) is 1.41. The predicted molar refractivity (Wildman–Crippen MR) is 135 cm³/mol. The average Bonchev–Trinajstić information content (AvgIpc) is 3.37. The lowest BCUT2D eigenvalue weighted by molar-refractivity contribution is -0.140. The zero-order chi connectivity index (χ0) is 25.6. The van der Waals surface area contributed by atoms with E-state index >= 15 is 0 Å². The number of amides is 1. The lowest BCUT2D eigenvalue weighted by Crippen LogP contribution is -2.29. The molecule has 1 aromatic heterocycles. The van der Waals surface area contributed by atoms with Crippen molar-refractivity contribution < 1.29 is 29.3 Å². The molecule has 1 saturated heterocycles. The average molecular weight is 551 g/mol. The molecule has 2 aromatic carbocycles. The van der Waals surface area contributed by atoms with Crippen molar-refractivity contribution in [2.45, 2.75) is 32.0 Å². The summed E-state index contributed by atoms with van der Waals surface area (Å²) in [5.74, 6) is -1.01. The molecular weight excluding hydrogens is 528 g/mol. The van der Waals surface area contributed by atoms with Crippen molar-refractivity contribution in [3.63, 3.8) is 0 Å². The van der Waals surface area contributed by atoms with Gasteiger partial charge in [0.1, 0.15) is 17.6 Å². The van der Waals surface area contributed by atoms with E-state index in [9.17, 15) is 19.8 Å². The molecule has 2 N–H and O–H groups in total. The zero-order valence-corrected chi connectivity index (χ0v) is 21.2. The normalized spacial score (nSPS) is 20.4. The van der Waals surface area contributed by atoms with Crippen molar-refractivity contribution >= 4 is 33.4 Å². The second-order valence-electron chi connectivity index (χ2n) is 8.79. The van der Waals surface area contributed by atoms with Gasteiger partial charge in [0.15, 0.2) is 11.5 Å². The fourth-order valence-corrected chi connectivity index (χ4v) is 5.17. The standard InChI is InChI=1S/C27H23BrN2O6/c1-14-9-17-10-16(3-4-20(17)36-14)24(31)22-23(18-11-19(28)25(32)21(12-18)35-2)30(27(34)26(22)33)13-15-5-7-29-8-6-15/h3-8,10-12,14,23,31-32H,9,13H2,1-2H3/t14-,23-/m1/s1. The van der Waals surface area contributed by atoms with Crippen LogP contribution in [-0.2, 0) is 22.6 Å². The van der Waals surface area contributed by atoms with Gasteiger partial charge >= 0.3 is 0 Å². The number of likely N-dealkylation sites (tertiary alicyclic amines) is 1. The first-order chi connectivity index (χ1) is 17.3. The zero-order valence-electron chi connectivity index (χ0n) is 19.6. The molecule has 3 aromatic rings. The van der Waals surface area contributed by atoms with Gasteiger partial charge < -0.3 is 24.6 Å². The molecule has 0 spiro atoms. The van der Waals surface area contributed by atoms with E-state index < -0.39 is 17.7 Å². The molecule has 36 heavy (non-hydrogen) atoms. The summed E-state index contributed by atoms with van der Waals surface area (Å²) >= 11 is 3.32. The molecule has 0 unspecified atom stereocenters. The number of aliphatic hydroxyl groups is 1. The van der Waals surface area contributed by atoms with Gasteiger partial charge in [0, 0.05) is 30.9 Å². The third kappa shape index (κ3) is 4.09. The number of ether oxygens (including phenoxy) is 2. The first-order valence-electron chi connectivity index (χ1n) is 11.3. The number of benzene rings is 2. The maximum absolute atomic E-state index is 13.4. The minimum absolute atomic E-state index is 0.0187. The van der Waals surface area contributed by atoms with E-state index in [-0.39, 0.29) is 35.5 Å². The number of phenols is 1. The Hall–Kier alpha value is -3.85. The lowest BCUT2D eigenvalue weighted by atomic mass is 9.94. The molecule has 0 bridgehead atoms. The van der Waals surface area contributed by atoms with Crippen LogP contribution in [0.4, 0.5) is 0 Å². The van der Waals surface area contributed by atoms with E-state index in [1.54, 1.807) is 54.9 Å². The van der Waals surface area contributed by atoms with Gasteiger partial charge in [-0.15, -0.1) is 0 Å². The number of aliphatic hydroxyl groups excluding tert-OH is 1. The number of nitrogens with zero attached hydrogens (tertiary/aromatic N) is 2. The SMILES string of the molecule is COc1cc([C@@H]2C(=C(O)c3ccc4c(c3)C[C@@H](C)O4)C(=O)C(=O)N2Cc2ccncc2)cc(Br)c1O. The van der Waals surface area contributed by atoms with Crippen molar-refractivity contribution in [3.8, 4) is 17.2 Å². The summed E-state index contributed by atoms with van der Waals surface area (Å²) in [5.41, 5.74) is 2.56. The number of hydrogen-bond acceptors (Lipinski definition) is 7. The number of phenolic OH excluding ortho intramolecular Hbond substituents is 1. The first-order valence-corrected chi connectivity index (χ1v) is 12.1. The van der Waals surface area contributed by atoms with Crippen LogP contribution in [0.1, 0.15) is 35.2 Å². The molecular formula is C27H23BrN2O6. The van der Waals surface area contributed by atoms with Crippen molar-refractivity contribution in [1.82, 2.24) is 9.88 Å². The van der Waals surface area contributed by atoms with Gasteiger partial charge in [-0.1, -0.05) is 0 Å². The Bertz CT molecular complexity index is 1400. The maximum atomic E-state index is 13.4. The number of rotatable bonds is 5. The number of Topliss-reactive ketones (excluding diaryl/α,β-unsaturated/α-hetero) is 1. The Balaban J connectivity index is 1.68. The minimum atomic E-state index is -0.924. The first kappa shape index (κ1) is 23.9. The molecule has 2 aliphatic rings. The van der Waals surface area contributed by atoms with Gasteiger partial charge in [-0.05, 0) is 82.0 Å². The smallest absolute Gasteiger partial charge is 0.295 e. The number of ketones is 1. The van der Waals surface area contributed by atoms with Crippen molar-refractivity contribution in [2.24, 2.45) is 0 Å². The summed E-state index contributed by atoms with van der Waals surface area (Å²) in [5, 5.41) is 21.7. The van der Waals surface area contributed by atoms with Crippen LogP contribution < -0.4 is 9.47 Å². The third-order valence-electron chi connectivity index (χ3n) is 6.40. The van der Waals surface area contributed by atoms with Gasteiger partial charge in [-0.25, -0.2) is 0 Å². The van der Waals surface area contributed by atoms with Crippen molar-refractivity contribution in [1.29, 1.82) is 0 Å². The number of fused-ring (bicyclic) bond motifs is 1. The van der Waals surface area contributed by atoms with Crippen molar-refractivity contribution in [2.75, 3.05) is 7.11 Å². The van der Waals surface area contributed by atoms with Crippen molar-refractivity contribution in [3.05, 3.63) is 87.2 Å². The van der Waals surface area contributed by atoms with E-state index in [0.29, 0.717) is 22.0 Å². The van der Waals surface area contributed by atoms with Gasteiger partial charge in [0.05, 0.1) is 23.2 Å². The molecule has 0 aliphatic carbocycles. The monoisotopic (exact) mass is 550 g/mol. The second-order valence-corrected chi connectivity index (χ2v) is 9.65. The van der Waals surface area contributed by atoms with E-state index in [2.05, 4.69) is 20.9 Å². The number of hydrogen-bond donors (Lipinski definition) is 2. The molecule has 1 amide bonds. The predicted octanol–water partition coefficient (Wildman–Crippen LogP) is 4.50. The minimum Gasteiger partial charge on any atom is -0.507 e. The number of carbonyl (C=O) groups excluding carboxylic acids is 2. The van der Waals surface area contributed by atoms with Gasteiger partial charge in [0.25, 0.3) is 11.7 Å². The highest BCUT2D eigenvalue weighted by Crippen LogP contribution is 2.45. The maximum Gasteiger partial charge on any atom is 0.295 e. The number of carbonyl (C=O) groups is 2. The highest BCUT2D eigenvalue weighted by molar-refractivity contribution is 9.10. The van der Waals surface area contributed by atoms with Gasteiger partial charge in [0.2, 0.25) is 0 Å². The summed E-state index contributed by atoms with van der Waals surface area (Å²) in [4.78, 5) is 32.1. The molecule has 2 aliphatic heterocycles. The van der Waals surface area contributed by atoms with E-state index in [0.717, 1.165) is 16.9 Å². The number of halogens is 1. The summed E-state index contributed by atoms with van der Waals surface area (Å²) in [6.07, 6.45) is 3.91. The Labute approximate surface area is 215 Å². The topological polar surface area (TPSA) is 109 Å². The van der Waals surface area contributed by atoms with Crippen LogP contribution in [0, 0.1) is 0 Å². The number of pyridine rings is 1. The van der Waals surface area contributed by atoms with Crippen LogP contribution in [-0.4, -0.2) is 45.0 Å². The molecule has 2 atom stereocenters. The lowest BCUT2D eigenvalue weighted by Gasteiger charge is -2.26. The van der Waals surface area contributed by atoms with Gasteiger partial charge in [-0.3, -0.25) is 14.6 Å². The third-order valence-corrected chi connectivity index (χ3v) is 7.00. The Morgan fingerprint density at radius 1 is 1.19 bits per heavy atom. The van der Waals surface area contributed by atoms with E-state index in [1.165, 1.54) is 12.0 Å². The van der Waals surface area contributed by atoms with Crippen LogP contribution >= 0.6 is 15.9 Å². The largest absolute Gasteiger partial charge is 0.507 e. The highest BCUT2D eigenvalue weighted by atomic mass is 79.9. The van der Waals surface area contributed by atoms with Crippen LogP contribution in [0.3, 0.4) is 0 Å². The second kappa shape index (κ2) is 9.31. The fraction of sp³-hybridized carbons (Fsp3) is 0.222. The summed E-state index contributed by atoms with van der Waals surface area (Å²) < 4.78 is 11.4. The van der Waals surface area contributed by atoms with Gasteiger partial charge in [-0.2, -0.15) is 0 Å². The van der Waals surface area contributed by atoms with E-state index in [4.69, 9.17) is 9.47 Å². The van der Waals surface area contributed by atoms with Crippen LogP contribution in [0.5, 0.6) is 17.2 Å². The highest BCUT2D eigenvalue weighted by Gasteiger charge is 2.46. The van der Waals surface area contributed by atoms with Crippen LogP contribution in [0.25, 0.3) is 5.76 Å².